The lowest BCUT2D eigenvalue weighted by molar-refractivity contribution is 0.353. The summed E-state index contributed by atoms with van der Waals surface area (Å²) in [6.45, 7) is 6.78. The minimum Gasteiger partial charge on any atom is -0.340 e. The second-order valence-corrected chi connectivity index (χ2v) is 4.40. The molecule has 0 aliphatic carbocycles. The molecular formula is C11H17N3. The number of anilines is 1. The van der Waals surface area contributed by atoms with E-state index in [-0.39, 0.29) is 0 Å². The molecule has 0 radical (unpaired) electrons. The predicted octanol–water partition coefficient (Wildman–Crippen LogP) is 1.96. The second-order valence-electron chi connectivity index (χ2n) is 4.40. The fourth-order valence-corrected chi connectivity index (χ4v) is 2.28. The molecule has 1 aliphatic rings. The predicted molar refractivity (Wildman–Crippen MR) is 57.2 cm³/mol. The highest BCUT2D eigenvalue weighted by atomic mass is 15.3. The Labute approximate surface area is 85.2 Å². The Bertz CT molecular complexity index is 276. The number of rotatable bonds is 1. The van der Waals surface area contributed by atoms with Crippen molar-refractivity contribution in [2.24, 2.45) is 11.8 Å². The summed E-state index contributed by atoms with van der Waals surface area (Å²) in [7, 11) is 0. The van der Waals surface area contributed by atoms with Crippen molar-refractivity contribution in [3.05, 3.63) is 18.5 Å². The van der Waals surface area contributed by atoms with Crippen LogP contribution in [0.1, 0.15) is 20.3 Å². The molecule has 1 aromatic heterocycles. The van der Waals surface area contributed by atoms with Crippen LogP contribution in [-0.4, -0.2) is 23.1 Å². The van der Waals surface area contributed by atoms with E-state index in [2.05, 4.69) is 28.7 Å². The van der Waals surface area contributed by atoms with Crippen molar-refractivity contribution in [1.82, 2.24) is 9.97 Å². The van der Waals surface area contributed by atoms with Crippen LogP contribution in [0.5, 0.6) is 0 Å². The summed E-state index contributed by atoms with van der Waals surface area (Å²) in [6.07, 6.45) is 4.95. The van der Waals surface area contributed by atoms with Gasteiger partial charge in [-0.2, -0.15) is 0 Å². The molecule has 0 aromatic carbocycles. The Morgan fingerprint density at radius 3 is 2.29 bits per heavy atom. The van der Waals surface area contributed by atoms with Crippen LogP contribution in [0.2, 0.25) is 0 Å². The number of hydrogen-bond donors (Lipinski definition) is 0. The molecule has 2 atom stereocenters. The number of nitrogens with zero attached hydrogens (tertiary/aromatic N) is 3. The fourth-order valence-electron chi connectivity index (χ4n) is 2.28. The van der Waals surface area contributed by atoms with Gasteiger partial charge in [0.1, 0.15) is 0 Å². The van der Waals surface area contributed by atoms with E-state index in [0.717, 1.165) is 30.9 Å². The molecule has 0 spiro atoms. The maximum Gasteiger partial charge on any atom is 0.225 e. The van der Waals surface area contributed by atoms with Gasteiger partial charge in [-0.15, -0.1) is 0 Å². The summed E-state index contributed by atoms with van der Waals surface area (Å²) in [5.41, 5.74) is 0. The Kier molecular flexibility index (Phi) is 2.66. The molecule has 1 saturated heterocycles. The molecule has 14 heavy (non-hydrogen) atoms. The lowest BCUT2D eigenvalue weighted by Crippen LogP contribution is -2.39. The maximum atomic E-state index is 4.29. The van der Waals surface area contributed by atoms with Crippen molar-refractivity contribution in [3.63, 3.8) is 0 Å². The van der Waals surface area contributed by atoms with Gasteiger partial charge >= 0.3 is 0 Å². The van der Waals surface area contributed by atoms with Gasteiger partial charge in [-0.1, -0.05) is 13.8 Å². The SMILES string of the molecule is CC1CC(C)CN(c2ncccn2)C1. The number of hydrogen-bond acceptors (Lipinski definition) is 3. The first-order chi connectivity index (χ1) is 6.75. The summed E-state index contributed by atoms with van der Waals surface area (Å²) in [5.74, 6) is 2.39. The molecule has 0 bridgehead atoms. The second kappa shape index (κ2) is 3.95. The first-order valence-corrected chi connectivity index (χ1v) is 5.27. The van der Waals surface area contributed by atoms with E-state index >= 15 is 0 Å². The maximum absolute atomic E-state index is 4.29. The van der Waals surface area contributed by atoms with E-state index in [4.69, 9.17) is 0 Å². The summed E-state index contributed by atoms with van der Waals surface area (Å²) in [4.78, 5) is 10.9. The van der Waals surface area contributed by atoms with E-state index in [1.54, 1.807) is 0 Å². The molecule has 2 unspecified atom stereocenters. The van der Waals surface area contributed by atoms with Gasteiger partial charge in [0.2, 0.25) is 5.95 Å². The highest BCUT2D eigenvalue weighted by Gasteiger charge is 2.22. The van der Waals surface area contributed by atoms with Gasteiger partial charge in [-0.3, -0.25) is 0 Å². The quantitative estimate of drug-likeness (QED) is 0.679. The van der Waals surface area contributed by atoms with Crippen LogP contribution in [-0.2, 0) is 0 Å². The lowest BCUT2D eigenvalue weighted by atomic mass is 9.92. The van der Waals surface area contributed by atoms with Crippen LogP contribution in [0.3, 0.4) is 0 Å². The zero-order valence-electron chi connectivity index (χ0n) is 8.85. The molecule has 2 rings (SSSR count). The third-order valence-electron chi connectivity index (χ3n) is 2.70. The summed E-state index contributed by atoms with van der Waals surface area (Å²) in [5, 5.41) is 0. The summed E-state index contributed by atoms with van der Waals surface area (Å²) < 4.78 is 0. The van der Waals surface area contributed by atoms with Crippen molar-refractivity contribution in [2.75, 3.05) is 18.0 Å². The van der Waals surface area contributed by atoms with Crippen molar-refractivity contribution in [1.29, 1.82) is 0 Å². The van der Waals surface area contributed by atoms with Crippen molar-refractivity contribution >= 4 is 5.95 Å². The zero-order valence-corrected chi connectivity index (χ0v) is 8.85. The molecule has 76 valence electrons. The molecule has 1 fully saturated rings. The van der Waals surface area contributed by atoms with Gasteiger partial charge in [0, 0.05) is 25.5 Å². The Hall–Kier alpha value is -1.12. The smallest absolute Gasteiger partial charge is 0.225 e. The highest BCUT2D eigenvalue weighted by molar-refractivity contribution is 5.29. The van der Waals surface area contributed by atoms with Gasteiger partial charge in [-0.25, -0.2) is 9.97 Å². The van der Waals surface area contributed by atoms with Gasteiger partial charge in [0.25, 0.3) is 0 Å². The lowest BCUT2D eigenvalue weighted by Gasteiger charge is -2.34. The van der Waals surface area contributed by atoms with Gasteiger partial charge in [0.05, 0.1) is 0 Å². The summed E-state index contributed by atoms with van der Waals surface area (Å²) in [6, 6.07) is 1.86. The Morgan fingerprint density at radius 1 is 1.14 bits per heavy atom. The van der Waals surface area contributed by atoms with E-state index in [9.17, 15) is 0 Å². The van der Waals surface area contributed by atoms with E-state index < -0.39 is 0 Å². The average Bonchev–Trinajstić information content (AvgIpc) is 2.18. The average molecular weight is 191 g/mol. The van der Waals surface area contributed by atoms with Crippen LogP contribution in [0.4, 0.5) is 5.95 Å². The summed E-state index contributed by atoms with van der Waals surface area (Å²) >= 11 is 0. The molecular weight excluding hydrogens is 174 g/mol. The Balaban J connectivity index is 2.11. The van der Waals surface area contributed by atoms with Crippen molar-refractivity contribution < 1.29 is 0 Å². The molecule has 2 heterocycles. The highest BCUT2D eigenvalue weighted by Crippen LogP contribution is 2.23. The largest absolute Gasteiger partial charge is 0.340 e. The zero-order chi connectivity index (χ0) is 9.97. The first kappa shape index (κ1) is 9.44. The molecule has 3 nitrogen and oxygen atoms in total. The van der Waals surface area contributed by atoms with Crippen LogP contribution in [0.15, 0.2) is 18.5 Å². The number of piperidine rings is 1. The van der Waals surface area contributed by atoms with Crippen LogP contribution < -0.4 is 4.90 Å². The van der Waals surface area contributed by atoms with Crippen LogP contribution >= 0.6 is 0 Å². The topological polar surface area (TPSA) is 29.0 Å². The minimum absolute atomic E-state index is 0.752. The van der Waals surface area contributed by atoms with E-state index in [1.807, 2.05) is 18.5 Å². The first-order valence-electron chi connectivity index (χ1n) is 5.27. The van der Waals surface area contributed by atoms with Gasteiger partial charge < -0.3 is 4.90 Å². The van der Waals surface area contributed by atoms with Crippen LogP contribution in [0, 0.1) is 11.8 Å². The van der Waals surface area contributed by atoms with E-state index in [1.165, 1.54) is 6.42 Å². The molecule has 1 aliphatic heterocycles. The normalized spacial score (nSPS) is 27.7. The third kappa shape index (κ3) is 2.03. The van der Waals surface area contributed by atoms with Crippen LogP contribution in [0.25, 0.3) is 0 Å². The van der Waals surface area contributed by atoms with Crippen molar-refractivity contribution in [3.8, 4) is 0 Å². The molecule has 0 saturated carbocycles. The van der Waals surface area contributed by atoms with E-state index in [0.29, 0.717) is 0 Å². The fraction of sp³-hybridized carbons (Fsp3) is 0.636. The molecule has 0 N–H and O–H groups in total. The Morgan fingerprint density at radius 2 is 1.71 bits per heavy atom. The van der Waals surface area contributed by atoms with Crippen molar-refractivity contribution in [2.45, 2.75) is 20.3 Å². The van der Waals surface area contributed by atoms with Gasteiger partial charge in [0.15, 0.2) is 0 Å². The number of aromatic nitrogens is 2. The standard InChI is InChI=1S/C11H17N3/c1-9-6-10(2)8-14(7-9)11-12-4-3-5-13-11/h3-5,9-10H,6-8H2,1-2H3. The monoisotopic (exact) mass is 191 g/mol. The minimum atomic E-state index is 0.752. The van der Waals surface area contributed by atoms with Gasteiger partial charge in [-0.05, 0) is 24.3 Å². The molecule has 3 heteroatoms. The third-order valence-corrected chi connectivity index (χ3v) is 2.70. The molecule has 0 amide bonds. The molecule has 1 aromatic rings.